The van der Waals surface area contributed by atoms with Gasteiger partial charge in [-0.1, -0.05) is 0 Å². The molecule has 1 saturated carbocycles. The molecular weight excluding hydrogens is 292 g/mol. The predicted octanol–water partition coefficient (Wildman–Crippen LogP) is 2.82. The molecule has 2 fully saturated rings. The molecule has 122 valence electrons. The van der Waals surface area contributed by atoms with Crippen LogP contribution < -0.4 is 19.7 Å². The molecule has 0 atom stereocenters. The molecule has 0 radical (unpaired) electrons. The van der Waals surface area contributed by atoms with Crippen LogP contribution in [0.2, 0.25) is 0 Å². The van der Waals surface area contributed by atoms with Gasteiger partial charge in [-0.3, -0.25) is 0 Å². The van der Waals surface area contributed by atoms with E-state index in [0.29, 0.717) is 17.5 Å². The standard InChI is InChI=1S/C17H22N4O2/c1-22-14-9-12-13(10-15(14)23-2)19-17(21-7-3-4-8-21)20-16(12)18-11-5-6-11/h9-11H,3-8H2,1-2H3,(H,18,19,20). The third-order valence-electron chi connectivity index (χ3n) is 4.50. The molecule has 0 amide bonds. The largest absolute Gasteiger partial charge is 0.493 e. The monoisotopic (exact) mass is 314 g/mol. The summed E-state index contributed by atoms with van der Waals surface area (Å²) in [6, 6.07) is 4.44. The van der Waals surface area contributed by atoms with Crippen LogP contribution in [0.1, 0.15) is 25.7 Å². The van der Waals surface area contributed by atoms with Crippen LogP contribution in [0.25, 0.3) is 10.9 Å². The van der Waals surface area contributed by atoms with Crippen LogP contribution in [0, 0.1) is 0 Å². The quantitative estimate of drug-likeness (QED) is 0.916. The Kier molecular flexibility index (Phi) is 3.59. The van der Waals surface area contributed by atoms with Crippen molar-refractivity contribution in [3.63, 3.8) is 0 Å². The summed E-state index contributed by atoms with van der Waals surface area (Å²) < 4.78 is 10.9. The van der Waals surface area contributed by atoms with Crippen LogP contribution in [-0.4, -0.2) is 43.3 Å². The number of benzene rings is 1. The van der Waals surface area contributed by atoms with Crippen molar-refractivity contribution in [1.29, 1.82) is 0 Å². The minimum Gasteiger partial charge on any atom is -0.493 e. The van der Waals surface area contributed by atoms with Gasteiger partial charge in [-0.05, 0) is 31.7 Å². The number of nitrogens with zero attached hydrogens (tertiary/aromatic N) is 3. The molecule has 2 aliphatic rings. The molecular formula is C17H22N4O2. The van der Waals surface area contributed by atoms with E-state index in [0.717, 1.165) is 35.8 Å². The first-order valence-electron chi connectivity index (χ1n) is 8.24. The number of fused-ring (bicyclic) bond motifs is 1. The minimum atomic E-state index is 0.535. The summed E-state index contributed by atoms with van der Waals surface area (Å²) in [5, 5.41) is 4.52. The summed E-state index contributed by atoms with van der Waals surface area (Å²) >= 11 is 0. The molecule has 1 N–H and O–H groups in total. The topological polar surface area (TPSA) is 59.5 Å². The number of ether oxygens (including phenoxy) is 2. The lowest BCUT2D eigenvalue weighted by Crippen LogP contribution is -2.21. The Labute approximate surface area is 135 Å². The number of methoxy groups -OCH3 is 2. The second-order valence-electron chi connectivity index (χ2n) is 6.21. The maximum Gasteiger partial charge on any atom is 0.227 e. The average molecular weight is 314 g/mol. The number of hydrogen-bond donors (Lipinski definition) is 1. The number of aromatic nitrogens is 2. The Morgan fingerprint density at radius 1 is 1.04 bits per heavy atom. The van der Waals surface area contributed by atoms with Crippen molar-refractivity contribution < 1.29 is 9.47 Å². The van der Waals surface area contributed by atoms with Gasteiger partial charge in [0.2, 0.25) is 5.95 Å². The third kappa shape index (κ3) is 2.73. The van der Waals surface area contributed by atoms with Gasteiger partial charge >= 0.3 is 0 Å². The lowest BCUT2D eigenvalue weighted by molar-refractivity contribution is 0.356. The van der Waals surface area contributed by atoms with Crippen LogP contribution >= 0.6 is 0 Å². The Bertz CT molecular complexity index is 724. The van der Waals surface area contributed by atoms with E-state index in [1.54, 1.807) is 14.2 Å². The van der Waals surface area contributed by atoms with Gasteiger partial charge in [-0.15, -0.1) is 0 Å². The van der Waals surface area contributed by atoms with Crippen molar-refractivity contribution >= 4 is 22.7 Å². The van der Waals surface area contributed by atoms with E-state index in [1.807, 2.05) is 12.1 Å². The van der Waals surface area contributed by atoms with Crippen LogP contribution in [-0.2, 0) is 0 Å². The number of anilines is 2. The SMILES string of the molecule is COc1cc2nc(N3CCCC3)nc(NC3CC3)c2cc1OC. The Morgan fingerprint density at radius 2 is 1.74 bits per heavy atom. The fourth-order valence-electron chi connectivity index (χ4n) is 3.03. The second-order valence-corrected chi connectivity index (χ2v) is 6.21. The zero-order valence-corrected chi connectivity index (χ0v) is 13.6. The third-order valence-corrected chi connectivity index (χ3v) is 4.50. The predicted molar refractivity (Wildman–Crippen MR) is 90.7 cm³/mol. The lowest BCUT2D eigenvalue weighted by atomic mass is 10.2. The first-order chi connectivity index (χ1) is 11.3. The summed E-state index contributed by atoms with van der Waals surface area (Å²) in [5.74, 6) is 3.12. The Hall–Kier alpha value is -2.24. The first-order valence-corrected chi connectivity index (χ1v) is 8.24. The highest BCUT2D eigenvalue weighted by atomic mass is 16.5. The van der Waals surface area contributed by atoms with Crippen molar-refractivity contribution in [1.82, 2.24) is 9.97 Å². The van der Waals surface area contributed by atoms with Crippen molar-refractivity contribution in [3.05, 3.63) is 12.1 Å². The molecule has 0 unspecified atom stereocenters. The van der Waals surface area contributed by atoms with Crippen molar-refractivity contribution in [2.45, 2.75) is 31.7 Å². The molecule has 2 heterocycles. The highest BCUT2D eigenvalue weighted by molar-refractivity contribution is 5.93. The molecule has 1 aliphatic heterocycles. The van der Waals surface area contributed by atoms with Gasteiger partial charge in [-0.25, -0.2) is 4.98 Å². The van der Waals surface area contributed by atoms with Crippen molar-refractivity contribution in [3.8, 4) is 11.5 Å². The van der Waals surface area contributed by atoms with Gasteiger partial charge in [0.1, 0.15) is 5.82 Å². The normalized spacial score (nSPS) is 17.6. The molecule has 6 nitrogen and oxygen atoms in total. The number of hydrogen-bond acceptors (Lipinski definition) is 6. The summed E-state index contributed by atoms with van der Waals surface area (Å²) in [7, 11) is 3.30. The molecule has 23 heavy (non-hydrogen) atoms. The Balaban J connectivity index is 1.85. The average Bonchev–Trinajstić information content (AvgIpc) is 3.22. The van der Waals surface area contributed by atoms with Crippen LogP contribution in [0.5, 0.6) is 11.5 Å². The van der Waals surface area contributed by atoms with E-state index in [1.165, 1.54) is 25.7 Å². The summed E-state index contributed by atoms with van der Waals surface area (Å²) in [4.78, 5) is 11.8. The summed E-state index contributed by atoms with van der Waals surface area (Å²) in [5.41, 5.74) is 0.891. The smallest absolute Gasteiger partial charge is 0.227 e. The van der Waals surface area contributed by atoms with Crippen LogP contribution in [0.15, 0.2) is 12.1 Å². The van der Waals surface area contributed by atoms with E-state index >= 15 is 0 Å². The first kappa shape index (κ1) is 14.4. The van der Waals surface area contributed by atoms with Gasteiger partial charge < -0.3 is 19.7 Å². The summed E-state index contributed by atoms with van der Waals surface area (Å²) in [6.45, 7) is 2.06. The molecule has 4 rings (SSSR count). The minimum absolute atomic E-state index is 0.535. The molecule has 1 aliphatic carbocycles. The molecule has 2 aromatic rings. The van der Waals surface area contributed by atoms with Gasteiger partial charge in [-0.2, -0.15) is 4.98 Å². The van der Waals surface area contributed by atoms with E-state index in [-0.39, 0.29) is 0 Å². The van der Waals surface area contributed by atoms with Crippen LogP contribution in [0.4, 0.5) is 11.8 Å². The highest BCUT2D eigenvalue weighted by Gasteiger charge is 2.25. The Morgan fingerprint density at radius 3 is 2.39 bits per heavy atom. The summed E-state index contributed by atoms with van der Waals surface area (Å²) in [6.07, 6.45) is 4.83. The van der Waals surface area contributed by atoms with Crippen molar-refractivity contribution in [2.24, 2.45) is 0 Å². The second kappa shape index (κ2) is 5.76. The van der Waals surface area contributed by atoms with Crippen LogP contribution in [0.3, 0.4) is 0 Å². The highest BCUT2D eigenvalue weighted by Crippen LogP contribution is 2.36. The zero-order chi connectivity index (χ0) is 15.8. The van der Waals surface area contributed by atoms with Gasteiger partial charge in [0.25, 0.3) is 0 Å². The molecule has 0 bridgehead atoms. The zero-order valence-electron chi connectivity index (χ0n) is 13.6. The maximum atomic E-state index is 5.43. The van der Waals surface area contributed by atoms with E-state index in [2.05, 4.69) is 10.2 Å². The molecule has 1 saturated heterocycles. The molecule has 1 aromatic carbocycles. The van der Waals surface area contributed by atoms with Crippen molar-refractivity contribution in [2.75, 3.05) is 37.5 Å². The number of rotatable bonds is 5. The van der Waals surface area contributed by atoms with E-state index in [4.69, 9.17) is 19.4 Å². The number of nitrogens with one attached hydrogen (secondary N) is 1. The van der Waals surface area contributed by atoms with Gasteiger partial charge in [0.05, 0.1) is 19.7 Å². The fraction of sp³-hybridized carbons (Fsp3) is 0.529. The van der Waals surface area contributed by atoms with E-state index < -0.39 is 0 Å². The van der Waals surface area contributed by atoms with E-state index in [9.17, 15) is 0 Å². The van der Waals surface area contributed by atoms with Gasteiger partial charge in [0, 0.05) is 30.6 Å². The van der Waals surface area contributed by atoms with Gasteiger partial charge in [0.15, 0.2) is 11.5 Å². The fourth-order valence-corrected chi connectivity index (χ4v) is 3.03. The maximum absolute atomic E-state index is 5.43. The lowest BCUT2D eigenvalue weighted by Gasteiger charge is -2.18. The molecule has 0 spiro atoms. The molecule has 6 heteroatoms. The molecule has 1 aromatic heterocycles.